The van der Waals surface area contributed by atoms with Gasteiger partial charge in [-0.2, -0.15) is 0 Å². The predicted octanol–water partition coefficient (Wildman–Crippen LogP) is 3.52. The molecule has 1 amide bonds. The molecule has 3 aromatic rings. The highest BCUT2D eigenvalue weighted by atomic mass is 16.5. The molecule has 1 heterocycles. The second kappa shape index (κ2) is 5.89. The van der Waals surface area contributed by atoms with E-state index in [9.17, 15) is 4.79 Å². The van der Waals surface area contributed by atoms with Crippen LogP contribution in [0.5, 0.6) is 5.75 Å². The highest BCUT2D eigenvalue weighted by Crippen LogP contribution is 2.20. The quantitative estimate of drug-likeness (QED) is 0.774. The lowest BCUT2D eigenvalue weighted by Crippen LogP contribution is -2.12. The molecule has 3 rings (SSSR count). The molecular weight excluding hydrogens is 278 g/mol. The molecule has 5 nitrogen and oxygen atoms in total. The van der Waals surface area contributed by atoms with E-state index in [1.807, 2.05) is 50.2 Å². The first-order valence-electron chi connectivity index (χ1n) is 7.17. The van der Waals surface area contributed by atoms with Gasteiger partial charge in [0.1, 0.15) is 17.1 Å². The molecule has 0 bridgehead atoms. The van der Waals surface area contributed by atoms with Crippen molar-refractivity contribution in [3.63, 3.8) is 0 Å². The summed E-state index contributed by atoms with van der Waals surface area (Å²) in [5.74, 6) is 1.39. The molecule has 0 aliphatic heterocycles. The van der Waals surface area contributed by atoms with Crippen LogP contribution in [0.2, 0.25) is 0 Å². The number of aromatic nitrogens is 2. The Balaban J connectivity index is 1.84. The van der Waals surface area contributed by atoms with Crippen LogP contribution in [0, 0.1) is 6.92 Å². The second-order valence-electron chi connectivity index (χ2n) is 4.94. The number of fused-ring (bicyclic) bond motifs is 1. The molecular formula is C17H17N3O2. The monoisotopic (exact) mass is 295 g/mol. The summed E-state index contributed by atoms with van der Waals surface area (Å²) >= 11 is 0. The maximum atomic E-state index is 12.5. The number of carbonyl (C=O) groups excluding carboxylic acids is 1. The van der Waals surface area contributed by atoms with Crippen LogP contribution in [0.25, 0.3) is 11.0 Å². The fourth-order valence-corrected chi connectivity index (χ4v) is 2.34. The van der Waals surface area contributed by atoms with Crippen molar-refractivity contribution in [3.05, 3.63) is 53.9 Å². The largest absolute Gasteiger partial charge is 0.494 e. The summed E-state index contributed by atoms with van der Waals surface area (Å²) < 4.78 is 5.38. The van der Waals surface area contributed by atoms with Gasteiger partial charge in [0.15, 0.2) is 0 Å². The molecule has 0 spiro atoms. The number of hydrogen-bond acceptors (Lipinski definition) is 3. The van der Waals surface area contributed by atoms with E-state index in [0.717, 1.165) is 22.8 Å². The average molecular weight is 295 g/mol. The van der Waals surface area contributed by atoms with Crippen molar-refractivity contribution in [2.24, 2.45) is 0 Å². The van der Waals surface area contributed by atoms with Crippen LogP contribution in [-0.4, -0.2) is 22.5 Å². The molecule has 0 saturated heterocycles. The SMILES string of the molecule is CCOc1ccc(NC(=O)c2cccc3[nH]c(C)nc23)cc1. The van der Waals surface area contributed by atoms with Crippen LogP contribution in [-0.2, 0) is 0 Å². The normalized spacial score (nSPS) is 10.6. The van der Waals surface area contributed by atoms with E-state index in [1.54, 1.807) is 6.07 Å². The fourth-order valence-electron chi connectivity index (χ4n) is 2.34. The highest BCUT2D eigenvalue weighted by molar-refractivity contribution is 6.11. The van der Waals surface area contributed by atoms with E-state index < -0.39 is 0 Å². The molecule has 5 heteroatoms. The smallest absolute Gasteiger partial charge is 0.257 e. The van der Waals surface area contributed by atoms with Gasteiger partial charge in [0.25, 0.3) is 5.91 Å². The molecule has 0 radical (unpaired) electrons. The van der Waals surface area contributed by atoms with E-state index in [2.05, 4.69) is 15.3 Å². The van der Waals surface area contributed by atoms with Gasteiger partial charge in [0.2, 0.25) is 0 Å². The number of ether oxygens (including phenoxy) is 1. The van der Waals surface area contributed by atoms with Crippen molar-refractivity contribution < 1.29 is 9.53 Å². The molecule has 2 aromatic carbocycles. The highest BCUT2D eigenvalue weighted by Gasteiger charge is 2.13. The third-order valence-corrected chi connectivity index (χ3v) is 3.30. The van der Waals surface area contributed by atoms with Gasteiger partial charge >= 0.3 is 0 Å². The Morgan fingerprint density at radius 3 is 2.73 bits per heavy atom. The summed E-state index contributed by atoms with van der Waals surface area (Å²) in [6.45, 7) is 4.42. The molecule has 0 atom stereocenters. The zero-order chi connectivity index (χ0) is 15.5. The number of nitrogens with one attached hydrogen (secondary N) is 2. The number of benzene rings is 2. The number of anilines is 1. The molecule has 112 valence electrons. The average Bonchev–Trinajstić information content (AvgIpc) is 2.89. The summed E-state index contributed by atoms with van der Waals surface area (Å²) in [5, 5.41) is 2.88. The standard InChI is InChI=1S/C17H17N3O2/c1-3-22-13-9-7-12(8-10-13)20-17(21)14-5-4-6-15-16(14)19-11(2)18-15/h4-10H,3H2,1-2H3,(H,18,19)(H,20,21). The number of rotatable bonds is 4. The molecule has 2 N–H and O–H groups in total. The number of nitrogens with zero attached hydrogens (tertiary/aromatic N) is 1. The Bertz CT molecular complexity index is 806. The summed E-state index contributed by atoms with van der Waals surface area (Å²) in [6, 6.07) is 12.8. The van der Waals surface area contributed by atoms with Gasteiger partial charge < -0.3 is 15.0 Å². The van der Waals surface area contributed by atoms with Crippen LogP contribution in [0.1, 0.15) is 23.1 Å². The summed E-state index contributed by atoms with van der Waals surface area (Å²) in [7, 11) is 0. The van der Waals surface area contributed by atoms with Crippen LogP contribution < -0.4 is 10.1 Å². The van der Waals surface area contributed by atoms with E-state index >= 15 is 0 Å². The van der Waals surface area contributed by atoms with Crippen LogP contribution in [0.4, 0.5) is 5.69 Å². The molecule has 22 heavy (non-hydrogen) atoms. The molecule has 0 saturated carbocycles. The van der Waals surface area contributed by atoms with Gasteiger partial charge in [-0.1, -0.05) is 6.07 Å². The second-order valence-corrected chi connectivity index (χ2v) is 4.94. The number of amides is 1. The van der Waals surface area contributed by atoms with E-state index in [1.165, 1.54) is 0 Å². The lowest BCUT2D eigenvalue weighted by Gasteiger charge is -2.07. The van der Waals surface area contributed by atoms with Crippen molar-refractivity contribution in [1.29, 1.82) is 0 Å². The Morgan fingerprint density at radius 2 is 2.00 bits per heavy atom. The van der Waals surface area contributed by atoms with Gasteiger partial charge in [-0.3, -0.25) is 4.79 Å². The van der Waals surface area contributed by atoms with Crippen molar-refractivity contribution in [1.82, 2.24) is 9.97 Å². The van der Waals surface area contributed by atoms with Gasteiger partial charge in [0, 0.05) is 5.69 Å². The van der Waals surface area contributed by atoms with Crippen LogP contribution in [0.15, 0.2) is 42.5 Å². The molecule has 1 aromatic heterocycles. The van der Waals surface area contributed by atoms with Crippen molar-refractivity contribution >= 4 is 22.6 Å². The minimum Gasteiger partial charge on any atom is -0.494 e. The lowest BCUT2D eigenvalue weighted by atomic mass is 10.1. The predicted molar refractivity (Wildman–Crippen MR) is 86.4 cm³/mol. The lowest BCUT2D eigenvalue weighted by molar-refractivity contribution is 0.102. The Morgan fingerprint density at radius 1 is 1.23 bits per heavy atom. The number of aromatic amines is 1. The van der Waals surface area contributed by atoms with Crippen molar-refractivity contribution in [2.45, 2.75) is 13.8 Å². The summed E-state index contributed by atoms with van der Waals surface area (Å²) in [6.07, 6.45) is 0. The molecule has 0 fully saturated rings. The number of H-pyrrole nitrogens is 1. The van der Waals surface area contributed by atoms with Gasteiger partial charge in [-0.05, 0) is 50.2 Å². The Kier molecular flexibility index (Phi) is 3.78. The van der Waals surface area contributed by atoms with Crippen molar-refractivity contribution in [3.8, 4) is 5.75 Å². The number of hydrogen-bond donors (Lipinski definition) is 2. The van der Waals surface area contributed by atoms with Crippen LogP contribution in [0.3, 0.4) is 0 Å². The number of carbonyl (C=O) groups is 1. The fraction of sp³-hybridized carbons (Fsp3) is 0.176. The topological polar surface area (TPSA) is 67.0 Å². The molecule has 0 aliphatic carbocycles. The summed E-state index contributed by atoms with van der Waals surface area (Å²) in [5.41, 5.74) is 2.81. The first-order valence-corrected chi connectivity index (χ1v) is 7.17. The first-order chi connectivity index (χ1) is 10.7. The number of aryl methyl sites for hydroxylation is 1. The first kappa shape index (κ1) is 14.1. The summed E-state index contributed by atoms with van der Waals surface area (Å²) in [4.78, 5) is 20.0. The third-order valence-electron chi connectivity index (χ3n) is 3.30. The molecule has 0 aliphatic rings. The third kappa shape index (κ3) is 2.79. The van der Waals surface area contributed by atoms with E-state index in [0.29, 0.717) is 17.7 Å². The van der Waals surface area contributed by atoms with E-state index in [4.69, 9.17) is 4.74 Å². The zero-order valence-electron chi connectivity index (χ0n) is 12.5. The maximum absolute atomic E-state index is 12.5. The van der Waals surface area contributed by atoms with Gasteiger partial charge in [-0.25, -0.2) is 4.98 Å². The zero-order valence-corrected chi connectivity index (χ0v) is 12.5. The Hall–Kier alpha value is -2.82. The minimum absolute atomic E-state index is 0.179. The molecule has 0 unspecified atom stereocenters. The van der Waals surface area contributed by atoms with E-state index in [-0.39, 0.29) is 5.91 Å². The van der Waals surface area contributed by atoms with Crippen molar-refractivity contribution in [2.75, 3.05) is 11.9 Å². The Labute approximate surface area is 128 Å². The number of imidazole rings is 1. The van der Waals surface area contributed by atoms with Gasteiger partial charge in [-0.15, -0.1) is 0 Å². The minimum atomic E-state index is -0.179. The van der Waals surface area contributed by atoms with Crippen LogP contribution >= 0.6 is 0 Å². The van der Waals surface area contributed by atoms with Gasteiger partial charge in [0.05, 0.1) is 17.7 Å². The maximum Gasteiger partial charge on any atom is 0.257 e. The number of para-hydroxylation sites is 1.